The molecular formula is C9H19N3O2S. The first-order valence-corrected chi connectivity index (χ1v) is 6.91. The van der Waals surface area contributed by atoms with E-state index in [0.717, 1.165) is 0 Å². The largest absolute Gasteiger partial charge is 0.349 e. The van der Waals surface area contributed by atoms with Crippen LogP contribution in [0.3, 0.4) is 0 Å². The molecule has 0 saturated carbocycles. The second-order valence-electron chi connectivity index (χ2n) is 4.70. The molecule has 1 rings (SSSR count). The van der Waals surface area contributed by atoms with Gasteiger partial charge in [0.05, 0.1) is 9.73 Å². The van der Waals surface area contributed by atoms with Gasteiger partial charge >= 0.3 is 6.03 Å². The Labute approximate surface area is 91.2 Å². The maximum absolute atomic E-state index is 12.0. The van der Waals surface area contributed by atoms with Crippen molar-refractivity contribution >= 4 is 15.8 Å². The molecule has 1 fully saturated rings. The minimum Gasteiger partial charge on any atom is -0.331 e. The Morgan fingerprint density at radius 3 is 2.33 bits per heavy atom. The van der Waals surface area contributed by atoms with E-state index in [0.29, 0.717) is 24.6 Å². The molecule has 1 heterocycles. The van der Waals surface area contributed by atoms with E-state index in [4.69, 9.17) is 0 Å². The highest BCUT2D eigenvalue weighted by atomic mass is 32.2. The minimum absolute atomic E-state index is 0.330. The summed E-state index contributed by atoms with van der Waals surface area (Å²) < 4.78 is 15.8. The van der Waals surface area contributed by atoms with Crippen LogP contribution in [-0.4, -0.2) is 40.4 Å². The van der Waals surface area contributed by atoms with E-state index >= 15 is 0 Å². The third-order valence-electron chi connectivity index (χ3n) is 1.93. The van der Waals surface area contributed by atoms with Gasteiger partial charge in [-0.15, -0.1) is 4.36 Å². The second-order valence-corrected chi connectivity index (χ2v) is 7.25. The standard InChI is InChI=1S/C9H19N3O2S/c1-9(2,3)11-8(13)12-15(14)6-4-10-5-7-15/h10H,4-7H2,1-3H3,(H,11,13). The first kappa shape index (κ1) is 12.4. The molecule has 0 bridgehead atoms. The fourth-order valence-corrected chi connectivity index (χ4v) is 2.94. The lowest BCUT2D eigenvalue weighted by Crippen LogP contribution is -2.41. The first-order chi connectivity index (χ1) is 6.81. The number of hydrogen-bond donors (Lipinski definition) is 2. The Morgan fingerprint density at radius 2 is 1.87 bits per heavy atom. The van der Waals surface area contributed by atoms with E-state index in [1.807, 2.05) is 20.8 Å². The van der Waals surface area contributed by atoms with Crippen molar-refractivity contribution in [2.45, 2.75) is 26.3 Å². The zero-order valence-corrected chi connectivity index (χ0v) is 10.3. The lowest BCUT2D eigenvalue weighted by atomic mass is 10.1. The van der Waals surface area contributed by atoms with Crippen molar-refractivity contribution < 1.29 is 9.00 Å². The number of hydrogen-bond acceptors (Lipinski definition) is 3. The Kier molecular flexibility index (Phi) is 3.72. The lowest BCUT2D eigenvalue weighted by Gasteiger charge is -2.20. The van der Waals surface area contributed by atoms with Crippen LogP contribution in [0.5, 0.6) is 0 Å². The number of carbonyl (C=O) groups is 1. The van der Waals surface area contributed by atoms with Crippen molar-refractivity contribution in [2.75, 3.05) is 24.6 Å². The molecule has 15 heavy (non-hydrogen) atoms. The quantitative estimate of drug-likeness (QED) is 0.642. The van der Waals surface area contributed by atoms with Gasteiger partial charge in [0.1, 0.15) is 0 Å². The number of nitrogens with one attached hydrogen (secondary N) is 2. The zero-order chi connectivity index (χ0) is 11.5. The summed E-state index contributed by atoms with van der Waals surface area (Å²) in [5, 5.41) is 5.78. The second kappa shape index (κ2) is 4.49. The van der Waals surface area contributed by atoms with Gasteiger partial charge in [0, 0.05) is 30.1 Å². The molecule has 88 valence electrons. The van der Waals surface area contributed by atoms with E-state index in [1.54, 1.807) is 0 Å². The third kappa shape index (κ3) is 4.61. The van der Waals surface area contributed by atoms with E-state index in [9.17, 15) is 9.00 Å². The highest BCUT2D eigenvalue weighted by Crippen LogP contribution is 2.03. The molecule has 0 atom stereocenters. The van der Waals surface area contributed by atoms with E-state index in [-0.39, 0.29) is 5.54 Å². The van der Waals surface area contributed by atoms with Crippen molar-refractivity contribution in [1.82, 2.24) is 10.6 Å². The molecule has 2 amide bonds. The molecule has 0 aromatic heterocycles. The van der Waals surface area contributed by atoms with Crippen molar-refractivity contribution in [3.05, 3.63) is 0 Å². The number of nitrogens with zero attached hydrogens (tertiary/aromatic N) is 1. The molecule has 1 saturated heterocycles. The predicted octanol–water partition coefficient (Wildman–Crippen LogP) is 0.566. The van der Waals surface area contributed by atoms with Gasteiger partial charge in [-0.2, -0.15) is 0 Å². The van der Waals surface area contributed by atoms with Gasteiger partial charge in [0.15, 0.2) is 0 Å². The van der Waals surface area contributed by atoms with Crippen molar-refractivity contribution in [3.63, 3.8) is 0 Å². The van der Waals surface area contributed by atoms with Crippen LogP contribution in [0.15, 0.2) is 4.36 Å². The number of rotatable bonds is 0. The summed E-state index contributed by atoms with van der Waals surface area (Å²) in [5.41, 5.74) is -0.330. The van der Waals surface area contributed by atoms with E-state index in [1.165, 1.54) is 0 Å². The van der Waals surface area contributed by atoms with Gasteiger partial charge in [-0.3, -0.25) is 0 Å². The fourth-order valence-electron chi connectivity index (χ4n) is 1.28. The Morgan fingerprint density at radius 1 is 1.33 bits per heavy atom. The summed E-state index contributed by atoms with van der Waals surface area (Å²) >= 11 is 0. The summed E-state index contributed by atoms with van der Waals surface area (Å²) in [5.74, 6) is 0.926. The third-order valence-corrected chi connectivity index (χ3v) is 4.11. The average molecular weight is 233 g/mol. The van der Waals surface area contributed by atoms with Gasteiger partial charge in [-0.05, 0) is 20.8 Å². The van der Waals surface area contributed by atoms with Crippen molar-refractivity contribution in [1.29, 1.82) is 0 Å². The molecule has 1 aliphatic heterocycles. The zero-order valence-electron chi connectivity index (χ0n) is 9.50. The van der Waals surface area contributed by atoms with Gasteiger partial charge in [-0.1, -0.05) is 0 Å². The first-order valence-electron chi connectivity index (χ1n) is 5.06. The Balaban J connectivity index is 2.69. The molecule has 5 nitrogen and oxygen atoms in total. The Bertz CT molecular complexity index is 339. The van der Waals surface area contributed by atoms with Gasteiger partial charge < -0.3 is 10.6 Å². The lowest BCUT2D eigenvalue weighted by molar-refractivity contribution is 0.241. The maximum atomic E-state index is 12.0. The highest BCUT2D eigenvalue weighted by molar-refractivity contribution is 7.94. The average Bonchev–Trinajstić information content (AvgIpc) is 1.99. The number of urea groups is 1. The Hall–Kier alpha value is -0.620. The molecule has 0 aliphatic carbocycles. The summed E-state index contributed by atoms with van der Waals surface area (Å²) in [6, 6.07) is -0.464. The summed E-state index contributed by atoms with van der Waals surface area (Å²) in [4.78, 5) is 11.5. The number of carbonyl (C=O) groups excluding carboxylic acids is 1. The summed E-state index contributed by atoms with van der Waals surface area (Å²) in [6.07, 6.45) is 0. The number of amides is 2. The van der Waals surface area contributed by atoms with Crippen molar-refractivity contribution in [2.24, 2.45) is 4.36 Å². The summed E-state index contributed by atoms with van der Waals surface area (Å²) in [7, 11) is -2.31. The van der Waals surface area contributed by atoms with Crippen LogP contribution < -0.4 is 10.6 Å². The SMILES string of the molecule is CC(C)(C)NC(=O)N=S1(=O)CCNCC1. The smallest absolute Gasteiger partial charge is 0.331 e. The van der Waals surface area contributed by atoms with Gasteiger partial charge in [-0.25, -0.2) is 9.00 Å². The van der Waals surface area contributed by atoms with Crippen LogP contribution >= 0.6 is 0 Å². The van der Waals surface area contributed by atoms with Crippen LogP contribution in [-0.2, 0) is 9.73 Å². The van der Waals surface area contributed by atoms with E-state index < -0.39 is 15.8 Å². The minimum atomic E-state index is -2.31. The molecule has 0 aromatic rings. The maximum Gasteiger partial charge on any atom is 0.349 e. The highest BCUT2D eigenvalue weighted by Gasteiger charge is 2.18. The monoisotopic (exact) mass is 233 g/mol. The molecule has 0 unspecified atom stereocenters. The normalized spacial score (nSPS) is 20.7. The van der Waals surface area contributed by atoms with Crippen LogP contribution in [0.4, 0.5) is 4.79 Å². The van der Waals surface area contributed by atoms with Gasteiger partial charge in [0.2, 0.25) is 0 Å². The van der Waals surface area contributed by atoms with Crippen LogP contribution in [0.2, 0.25) is 0 Å². The van der Waals surface area contributed by atoms with E-state index in [2.05, 4.69) is 15.0 Å². The molecule has 1 aliphatic rings. The van der Waals surface area contributed by atoms with Crippen LogP contribution in [0.1, 0.15) is 20.8 Å². The molecule has 2 N–H and O–H groups in total. The molecular weight excluding hydrogens is 214 g/mol. The fraction of sp³-hybridized carbons (Fsp3) is 0.889. The van der Waals surface area contributed by atoms with Crippen LogP contribution in [0, 0.1) is 0 Å². The topological polar surface area (TPSA) is 70.6 Å². The summed E-state index contributed by atoms with van der Waals surface area (Å²) in [6.45, 7) is 6.96. The molecule has 6 heteroatoms. The molecule has 0 spiro atoms. The van der Waals surface area contributed by atoms with Crippen molar-refractivity contribution in [3.8, 4) is 0 Å². The van der Waals surface area contributed by atoms with Crippen LogP contribution in [0.25, 0.3) is 0 Å². The molecule has 0 radical (unpaired) electrons. The van der Waals surface area contributed by atoms with Gasteiger partial charge in [0.25, 0.3) is 0 Å². The molecule has 0 aromatic carbocycles. The predicted molar refractivity (Wildman–Crippen MR) is 61.5 cm³/mol.